The molecular weight excluding hydrogens is 266 g/mol. The maximum Gasteiger partial charge on any atom is 0.227 e. The number of nitrogens with zero attached hydrogens (tertiary/aromatic N) is 1. The van der Waals surface area contributed by atoms with E-state index in [1.807, 2.05) is 43.1 Å². The van der Waals surface area contributed by atoms with Crippen molar-refractivity contribution in [1.82, 2.24) is 10.6 Å². The maximum absolute atomic E-state index is 11.8. The molecule has 0 saturated carbocycles. The topological polar surface area (TPSA) is 61.4 Å². The van der Waals surface area contributed by atoms with Crippen LogP contribution in [0.25, 0.3) is 0 Å². The highest BCUT2D eigenvalue weighted by Crippen LogP contribution is 2.24. The van der Waals surface area contributed by atoms with Gasteiger partial charge in [0.1, 0.15) is 0 Å². The lowest BCUT2D eigenvalue weighted by molar-refractivity contribution is -0.121. The highest BCUT2D eigenvalue weighted by molar-refractivity contribution is 5.95. The molecule has 2 rings (SSSR count). The number of carbonyl (C=O) groups is 2. The van der Waals surface area contributed by atoms with Crippen LogP contribution in [0.15, 0.2) is 24.3 Å². The molecule has 0 aliphatic carbocycles. The highest BCUT2D eigenvalue weighted by atomic mass is 16.2. The van der Waals surface area contributed by atoms with Crippen LogP contribution in [0.3, 0.4) is 0 Å². The Bertz CT molecular complexity index is 516. The number of benzene rings is 1. The van der Waals surface area contributed by atoms with Gasteiger partial charge in [0.15, 0.2) is 0 Å². The van der Waals surface area contributed by atoms with Crippen molar-refractivity contribution in [1.29, 1.82) is 0 Å². The third-order valence-corrected chi connectivity index (χ3v) is 3.73. The SMILES string of the molecule is CNCCC(=O)NC(C)c1cccc(N2CCCC2=O)c1. The lowest BCUT2D eigenvalue weighted by Gasteiger charge is -2.19. The summed E-state index contributed by atoms with van der Waals surface area (Å²) in [6.45, 7) is 3.41. The zero-order valence-electron chi connectivity index (χ0n) is 12.7. The summed E-state index contributed by atoms with van der Waals surface area (Å²) in [6, 6.07) is 7.79. The first-order chi connectivity index (χ1) is 10.1. The van der Waals surface area contributed by atoms with Crippen LogP contribution in [0.4, 0.5) is 5.69 Å². The predicted octanol–water partition coefficient (Wildman–Crippen LogP) is 1.60. The quantitative estimate of drug-likeness (QED) is 0.836. The fraction of sp³-hybridized carbons (Fsp3) is 0.500. The molecule has 1 aliphatic heterocycles. The first kappa shape index (κ1) is 15.5. The van der Waals surface area contributed by atoms with Gasteiger partial charge in [-0.05, 0) is 38.1 Å². The van der Waals surface area contributed by atoms with Crippen molar-refractivity contribution < 1.29 is 9.59 Å². The number of rotatable bonds is 6. The number of anilines is 1. The molecule has 5 nitrogen and oxygen atoms in total. The minimum absolute atomic E-state index is 0.0273. The molecule has 2 amide bonds. The van der Waals surface area contributed by atoms with Crippen molar-refractivity contribution in [3.8, 4) is 0 Å². The zero-order valence-corrected chi connectivity index (χ0v) is 12.7. The van der Waals surface area contributed by atoms with Crippen LogP contribution in [0.2, 0.25) is 0 Å². The number of hydrogen-bond donors (Lipinski definition) is 2. The summed E-state index contributed by atoms with van der Waals surface area (Å²) >= 11 is 0. The zero-order chi connectivity index (χ0) is 15.2. The summed E-state index contributed by atoms with van der Waals surface area (Å²) in [7, 11) is 1.83. The van der Waals surface area contributed by atoms with Gasteiger partial charge in [0.25, 0.3) is 0 Å². The van der Waals surface area contributed by atoms with Crippen LogP contribution in [0.1, 0.15) is 37.8 Å². The largest absolute Gasteiger partial charge is 0.350 e. The van der Waals surface area contributed by atoms with Crippen molar-refractivity contribution in [3.63, 3.8) is 0 Å². The molecule has 1 aliphatic rings. The Kier molecular flexibility index (Phi) is 5.33. The van der Waals surface area contributed by atoms with Gasteiger partial charge in [-0.25, -0.2) is 0 Å². The Morgan fingerprint density at radius 1 is 1.43 bits per heavy atom. The summed E-state index contributed by atoms with van der Waals surface area (Å²) in [4.78, 5) is 25.4. The van der Waals surface area contributed by atoms with Gasteiger partial charge in [0, 0.05) is 31.6 Å². The Balaban J connectivity index is 2.02. The van der Waals surface area contributed by atoms with Crippen LogP contribution in [0.5, 0.6) is 0 Å². The van der Waals surface area contributed by atoms with Gasteiger partial charge in [0.2, 0.25) is 11.8 Å². The predicted molar refractivity (Wildman–Crippen MR) is 83.1 cm³/mol. The first-order valence-electron chi connectivity index (χ1n) is 7.46. The fourth-order valence-corrected chi connectivity index (χ4v) is 2.52. The molecule has 1 aromatic rings. The van der Waals surface area contributed by atoms with Crippen LogP contribution in [-0.2, 0) is 9.59 Å². The molecule has 1 atom stereocenters. The summed E-state index contributed by atoms with van der Waals surface area (Å²) < 4.78 is 0. The van der Waals surface area contributed by atoms with Crippen LogP contribution >= 0.6 is 0 Å². The lowest BCUT2D eigenvalue weighted by Crippen LogP contribution is -2.29. The van der Waals surface area contributed by atoms with Crippen LogP contribution < -0.4 is 15.5 Å². The van der Waals surface area contributed by atoms with Crippen LogP contribution in [0, 0.1) is 0 Å². The molecule has 1 aromatic carbocycles. The second kappa shape index (κ2) is 7.22. The second-order valence-corrected chi connectivity index (χ2v) is 5.39. The van der Waals surface area contributed by atoms with Crippen molar-refractivity contribution in [2.45, 2.75) is 32.2 Å². The molecule has 1 unspecified atom stereocenters. The number of hydrogen-bond acceptors (Lipinski definition) is 3. The van der Waals surface area contributed by atoms with E-state index in [0.717, 1.165) is 24.2 Å². The number of amides is 2. The Labute approximate surface area is 125 Å². The molecule has 1 saturated heterocycles. The van der Waals surface area contributed by atoms with Gasteiger partial charge < -0.3 is 15.5 Å². The summed E-state index contributed by atoms with van der Waals surface area (Å²) in [6.07, 6.45) is 2.01. The standard InChI is InChI=1S/C16H23N3O2/c1-12(18-15(20)8-9-17-2)13-5-3-6-14(11-13)19-10-4-7-16(19)21/h3,5-6,11-12,17H,4,7-10H2,1-2H3,(H,18,20). The average molecular weight is 289 g/mol. The number of carbonyl (C=O) groups excluding carboxylic acids is 2. The van der Waals surface area contributed by atoms with E-state index in [2.05, 4.69) is 10.6 Å². The average Bonchev–Trinajstić information content (AvgIpc) is 2.91. The maximum atomic E-state index is 11.8. The Hall–Kier alpha value is -1.88. The van der Waals surface area contributed by atoms with Gasteiger partial charge in [-0.3, -0.25) is 9.59 Å². The third kappa shape index (κ3) is 4.04. The lowest BCUT2D eigenvalue weighted by atomic mass is 10.1. The molecule has 0 aromatic heterocycles. The Morgan fingerprint density at radius 3 is 2.90 bits per heavy atom. The molecule has 0 radical (unpaired) electrons. The molecule has 114 valence electrons. The molecule has 0 bridgehead atoms. The fourth-order valence-electron chi connectivity index (χ4n) is 2.52. The molecular formula is C16H23N3O2. The van der Waals surface area contributed by atoms with E-state index in [1.54, 1.807) is 0 Å². The van der Waals surface area contributed by atoms with E-state index in [4.69, 9.17) is 0 Å². The van der Waals surface area contributed by atoms with Crippen LogP contribution in [-0.4, -0.2) is 32.0 Å². The van der Waals surface area contributed by atoms with Gasteiger partial charge in [-0.1, -0.05) is 12.1 Å². The van der Waals surface area contributed by atoms with Crippen molar-refractivity contribution >= 4 is 17.5 Å². The van der Waals surface area contributed by atoms with Crippen molar-refractivity contribution in [2.24, 2.45) is 0 Å². The molecule has 2 N–H and O–H groups in total. The van der Waals surface area contributed by atoms with Gasteiger partial charge in [0.05, 0.1) is 6.04 Å². The summed E-state index contributed by atoms with van der Waals surface area (Å²) in [5.41, 5.74) is 1.94. The van der Waals surface area contributed by atoms with E-state index >= 15 is 0 Å². The highest BCUT2D eigenvalue weighted by Gasteiger charge is 2.22. The molecule has 21 heavy (non-hydrogen) atoms. The van der Waals surface area contributed by atoms with Crippen molar-refractivity contribution in [3.05, 3.63) is 29.8 Å². The van der Waals surface area contributed by atoms with Crippen molar-refractivity contribution in [2.75, 3.05) is 25.0 Å². The van der Waals surface area contributed by atoms with Gasteiger partial charge in [-0.15, -0.1) is 0 Å². The second-order valence-electron chi connectivity index (χ2n) is 5.39. The van der Waals surface area contributed by atoms with E-state index in [-0.39, 0.29) is 17.9 Å². The van der Waals surface area contributed by atoms with Gasteiger partial charge >= 0.3 is 0 Å². The molecule has 5 heteroatoms. The minimum atomic E-state index is -0.0630. The van der Waals surface area contributed by atoms with E-state index in [1.165, 1.54) is 0 Å². The third-order valence-electron chi connectivity index (χ3n) is 3.73. The van der Waals surface area contributed by atoms with E-state index in [9.17, 15) is 9.59 Å². The molecule has 0 spiro atoms. The van der Waals surface area contributed by atoms with E-state index < -0.39 is 0 Å². The summed E-state index contributed by atoms with van der Waals surface area (Å²) in [5.74, 6) is 0.206. The van der Waals surface area contributed by atoms with Gasteiger partial charge in [-0.2, -0.15) is 0 Å². The monoisotopic (exact) mass is 289 g/mol. The first-order valence-corrected chi connectivity index (χ1v) is 7.46. The molecule has 1 heterocycles. The van der Waals surface area contributed by atoms with E-state index in [0.29, 0.717) is 19.4 Å². The normalized spacial score (nSPS) is 16.1. The Morgan fingerprint density at radius 2 is 2.24 bits per heavy atom. The molecule has 1 fully saturated rings. The number of nitrogens with one attached hydrogen (secondary N) is 2. The minimum Gasteiger partial charge on any atom is -0.350 e. The summed E-state index contributed by atoms with van der Waals surface area (Å²) in [5, 5.41) is 5.94. The smallest absolute Gasteiger partial charge is 0.227 e.